The Morgan fingerprint density at radius 3 is 2.38 bits per heavy atom. The fourth-order valence-corrected chi connectivity index (χ4v) is 2.34. The molecule has 118 valence electrons. The Hall–Kier alpha value is -1.41. The van der Waals surface area contributed by atoms with Gasteiger partial charge in [0.2, 0.25) is 0 Å². The van der Waals surface area contributed by atoms with Crippen molar-refractivity contribution in [3.8, 4) is 0 Å². The molecule has 0 spiro atoms. The fourth-order valence-electron chi connectivity index (χ4n) is 2.34. The molecule has 1 fully saturated rings. The molecule has 21 heavy (non-hydrogen) atoms. The molecule has 1 N–H and O–H groups in total. The minimum Gasteiger partial charge on any atom is -0.396 e. The summed E-state index contributed by atoms with van der Waals surface area (Å²) in [4.78, 5) is 6.96. The second-order valence-electron chi connectivity index (χ2n) is 5.00. The maximum atomic E-state index is 13.9. The van der Waals surface area contributed by atoms with Crippen LogP contribution < -0.4 is 4.90 Å². The molecule has 2 heterocycles. The van der Waals surface area contributed by atoms with Gasteiger partial charge in [-0.15, -0.1) is 0 Å². The Bertz CT molecular complexity index is 473. The number of anilines is 1. The van der Waals surface area contributed by atoms with Gasteiger partial charge in [-0.2, -0.15) is 13.2 Å². The number of halogens is 4. The number of aliphatic hydroxyl groups is 1. The van der Waals surface area contributed by atoms with E-state index in [1.54, 1.807) is 4.90 Å². The summed E-state index contributed by atoms with van der Waals surface area (Å²) in [5.74, 6) is -0.353. The molecule has 0 amide bonds. The summed E-state index contributed by atoms with van der Waals surface area (Å²) in [7, 11) is 0. The molecule has 1 aliphatic heterocycles. The van der Waals surface area contributed by atoms with Crippen LogP contribution in [0.1, 0.15) is 5.56 Å². The molecule has 0 radical (unpaired) electrons. The predicted molar refractivity (Wildman–Crippen MR) is 69.7 cm³/mol. The zero-order valence-corrected chi connectivity index (χ0v) is 11.4. The van der Waals surface area contributed by atoms with Crippen LogP contribution >= 0.6 is 0 Å². The van der Waals surface area contributed by atoms with E-state index in [4.69, 9.17) is 5.11 Å². The molecule has 4 nitrogen and oxygen atoms in total. The molecule has 1 aromatic heterocycles. The van der Waals surface area contributed by atoms with Crippen molar-refractivity contribution in [3.05, 3.63) is 23.6 Å². The van der Waals surface area contributed by atoms with E-state index in [0.29, 0.717) is 25.1 Å². The number of piperazine rings is 1. The summed E-state index contributed by atoms with van der Waals surface area (Å²) in [6, 6.07) is 1.31. The SMILES string of the molecule is OCCc1cnc(N2CCN(CC(F)(F)F)CC2)c(F)c1. The molecule has 0 aromatic carbocycles. The fraction of sp³-hybridized carbons (Fsp3) is 0.615. The van der Waals surface area contributed by atoms with Crippen LogP contribution in [0, 0.1) is 5.82 Å². The highest BCUT2D eigenvalue weighted by Crippen LogP contribution is 2.21. The first-order chi connectivity index (χ1) is 9.89. The minimum absolute atomic E-state index is 0.0867. The summed E-state index contributed by atoms with van der Waals surface area (Å²) in [6.45, 7) is 0.0273. The van der Waals surface area contributed by atoms with E-state index in [1.807, 2.05) is 0 Å². The molecule has 1 aliphatic rings. The molecule has 2 rings (SSSR count). The van der Waals surface area contributed by atoms with Gasteiger partial charge in [-0.05, 0) is 18.1 Å². The van der Waals surface area contributed by atoms with Crippen LogP contribution in [0.5, 0.6) is 0 Å². The lowest BCUT2D eigenvalue weighted by Gasteiger charge is -2.35. The van der Waals surface area contributed by atoms with Crippen molar-refractivity contribution in [1.82, 2.24) is 9.88 Å². The van der Waals surface area contributed by atoms with Gasteiger partial charge in [0.15, 0.2) is 11.6 Å². The van der Waals surface area contributed by atoms with Crippen molar-refractivity contribution >= 4 is 5.82 Å². The monoisotopic (exact) mass is 307 g/mol. The number of rotatable bonds is 4. The van der Waals surface area contributed by atoms with Gasteiger partial charge < -0.3 is 10.0 Å². The first-order valence-corrected chi connectivity index (χ1v) is 6.68. The van der Waals surface area contributed by atoms with Gasteiger partial charge in [-0.25, -0.2) is 9.37 Å². The van der Waals surface area contributed by atoms with E-state index in [9.17, 15) is 17.6 Å². The van der Waals surface area contributed by atoms with Gasteiger partial charge in [0.25, 0.3) is 0 Å². The quantitative estimate of drug-likeness (QED) is 0.855. The van der Waals surface area contributed by atoms with Crippen LogP contribution in [-0.2, 0) is 6.42 Å². The van der Waals surface area contributed by atoms with Crippen molar-refractivity contribution in [1.29, 1.82) is 0 Å². The highest BCUT2D eigenvalue weighted by Gasteiger charge is 2.32. The Labute approximate surface area is 120 Å². The first-order valence-electron chi connectivity index (χ1n) is 6.68. The molecule has 1 aromatic rings. The van der Waals surface area contributed by atoms with Gasteiger partial charge in [0.05, 0.1) is 6.54 Å². The van der Waals surface area contributed by atoms with Crippen LogP contribution in [0.4, 0.5) is 23.4 Å². The number of aromatic nitrogens is 1. The number of hydrogen-bond acceptors (Lipinski definition) is 4. The Kier molecular flexibility index (Phi) is 5.00. The van der Waals surface area contributed by atoms with E-state index in [0.717, 1.165) is 0 Å². The second kappa shape index (κ2) is 6.57. The molecular weight excluding hydrogens is 290 g/mol. The largest absolute Gasteiger partial charge is 0.401 e. The van der Waals surface area contributed by atoms with Crippen LogP contribution in [0.3, 0.4) is 0 Å². The van der Waals surface area contributed by atoms with Crippen LogP contribution in [-0.4, -0.2) is 60.5 Å². The number of hydrogen-bond donors (Lipinski definition) is 1. The van der Waals surface area contributed by atoms with Crippen LogP contribution in [0.15, 0.2) is 12.3 Å². The zero-order chi connectivity index (χ0) is 15.5. The number of aliphatic hydroxyl groups excluding tert-OH is 1. The third kappa shape index (κ3) is 4.53. The van der Waals surface area contributed by atoms with Gasteiger partial charge in [0.1, 0.15) is 0 Å². The van der Waals surface area contributed by atoms with Crippen molar-refractivity contribution < 1.29 is 22.7 Å². The van der Waals surface area contributed by atoms with Gasteiger partial charge in [0, 0.05) is 39.0 Å². The van der Waals surface area contributed by atoms with E-state index in [1.165, 1.54) is 17.2 Å². The smallest absolute Gasteiger partial charge is 0.396 e. The van der Waals surface area contributed by atoms with Gasteiger partial charge >= 0.3 is 6.18 Å². The summed E-state index contributed by atoms with van der Waals surface area (Å²) < 4.78 is 50.8. The molecule has 0 atom stereocenters. The highest BCUT2D eigenvalue weighted by atomic mass is 19.4. The summed E-state index contributed by atoms with van der Waals surface area (Å²) >= 11 is 0. The van der Waals surface area contributed by atoms with Crippen molar-refractivity contribution in [2.75, 3.05) is 44.2 Å². The topological polar surface area (TPSA) is 39.6 Å². The predicted octanol–water partition coefficient (Wildman–Crippen LogP) is 1.44. The Morgan fingerprint density at radius 2 is 1.86 bits per heavy atom. The Morgan fingerprint density at radius 1 is 1.19 bits per heavy atom. The van der Waals surface area contributed by atoms with E-state index in [2.05, 4.69) is 4.98 Å². The maximum Gasteiger partial charge on any atom is 0.401 e. The lowest BCUT2D eigenvalue weighted by Crippen LogP contribution is -2.49. The normalized spacial score (nSPS) is 17.3. The first kappa shape index (κ1) is 16.0. The van der Waals surface area contributed by atoms with E-state index < -0.39 is 18.5 Å². The number of pyridine rings is 1. The molecule has 0 unspecified atom stereocenters. The second-order valence-corrected chi connectivity index (χ2v) is 5.00. The lowest BCUT2D eigenvalue weighted by molar-refractivity contribution is -0.146. The molecule has 8 heteroatoms. The molecule has 0 aliphatic carbocycles. The average Bonchev–Trinajstić information content (AvgIpc) is 2.39. The third-order valence-electron chi connectivity index (χ3n) is 3.35. The molecule has 0 bridgehead atoms. The van der Waals surface area contributed by atoms with E-state index in [-0.39, 0.29) is 25.5 Å². The number of alkyl halides is 3. The molecule has 1 saturated heterocycles. The summed E-state index contributed by atoms with van der Waals surface area (Å²) in [5, 5.41) is 8.79. The van der Waals surface area contributed by atoms with Crippen LogP contribution in [0.2, 0.25) is 0 Å². The van der Waals surface area contributed by atoms with Crippen LogP contribution in [0.25, 0.3) is 0 Å². The van der Waals surface area contributed by atoms with Crippen molar-refractivity contribution in [3.63, 3.8) is 0 Å². The summed E-state index contributed by atoms with van der Waals surface area (Å²) in [5.41, 5.74) is 0.592. The highest BCUT2D eigenvalue weighted by molar-refractivity contribution is 5.41. The average molecular weight is 307 g/mol. The van der Waals surface area contributed by atoms with Crippen molar-refractivity contribution in [2.45, 2.75) is 12.6 Å². The maximum absolute atomic E-state index is 13.9. The Balaban J connectivity index is 1.96. The van der Waals surface area contributed by atoms with Gasteiger partial charge in [-0.1, -0.05) is 0 Å². The summed E-state index contributed by atoms with van der Waals surface area (Å²) in [6.07, 6.45) is -2.40. The molecule has 0 saturated carbocycles. The zero-order valence-electron chi connectivity index (χ0n) is 11.4. The van der Waals surface area contributed by atoms with Gasteiger partial charge in [-0.3, -0.25) is 4.90 Å². The standard InChI is InChI=1S/C13H17F4N3O/c14-11-7-10(1-6-21)8-18-12(11)20-4-2-19(3-5-20)9-13(15,16)17/h7-8,21H,1-6,9H2. The van der Waals surface area contributed by atoms with E-state index >= 15 is 0 Å². The molecular formula is C13H17F4N3O. The van der Waals surface area contributed by atoms with Crippen molar-refractivity contribution in [2.24, 2.45) is 0 Å². The number of nitrogens with zero attached hydrogens (tertiary/aromatic N) is 3. The lowest BCUT2D eigenvalue weighted by atomic mass is 10.2. The minimum atomic E-state index is -4.21. The third-order valence-corrected chi connectivity index (χ3v) is 3.35.